The molecule has 62 valence electrons. The molecule has 12 heavy (non-hydrogen) atoms. The number of nitrogens with two attached hydrogens (primary N) is 1. The van der Waals surface area contributed by atoms with E-state index in [1.54, 1.807) is 11.3 Å². The number of rotatable bonds is 0. The van der Waals surface area contributed by atoms with Gasteiger partial charge in [-0.15, -0.1) is 11.3 Å². The predicted octanol–water partition coefficient (Wildman–Crippen LogP) is 3.85. The van der Waals surface area contributed by atoms with E-state index in [2.05, 4.69) is 50.7 Å². The molecule has 2 N–H and O–H groups in total. The highest BCUT2D eigenvalue weighted by Gasteiger charge is 2.02. The van der Waals surface area contributed by atoms with Crippen molar-refractivity contribution in [1.82, 2.24) is 0 Å². The molecule has 1 aromatic carbocycles. The molecular weight excluding hydrogens is 349 g/mol. The molecule has 0 atom stereocenters. The molecule has 0 bridgehead atoms. The van der Waals surface area contributed by atoms with Crippen LogP contribution in [0, 0.1) is 3.57 Å². The summed E-state index contributed by atoms with van der Waals surface area (Å²) in [6, 6.07) is 6.24. The molecule has 2 aromatic rings. The molecule has 0 aliphatic heterocycles. The molecule has 1 nitrogen and oxygen atoms in total. The minimum absolute atomic E-state index is 0.874. The number of fused-ring (bicyclic) bond motifs is 1. The van der Waals surface area contributed by atoms with Gasteiger partial charge in [-0.05, 0) is 62.1 Å². The summed E-state index contributed by atoms with van der Waals surface area (Å²) < 4.78 is 3.61. The van der Waals surface area contributed by atoms with Gasteiger partial charge in [0.2, 0.25) is 0 Å². The van der Waals surface area contributed by atoms with E-state index in [1.165, 1.54) is 13.7 Å². The summed E-state index contributed by atoms with van der Waals surface area (Å²) in [7, 11) is 0. The molecule has 0 saturated heterocycles. The topological polar surface area (TPSA) is 26.0 Å². The summed E-state index contributed by atoms with van der Waals surface area (Å²) in [5.74, 6) is 0. The second-order valence-electron chi connectivity index (χ2n) is 2.45. The Bertz CT molecular complexity index is 399. The van der Waals surface area contributed by atoms with Gasteiger partial charge in [-0.2, -0.15) is 0 Å². The maximum atomic E-state index is 5.69. The Kier molecular flexibility index (Phi) is 2.31. The molecule has 0 radical (unpaired) electrons. The first-order valence-electron chi connectivity index (χ1n) is 3.31. The lowest BCUT2D eigenvalue weighted by Gasteiger charge is -1.94. The van der Waals surface area contributed by atoms with Gasteiger partial charge in [0, 0.05) is 12.7 Å². The largest absolute Gasteiger partial charge is 0.391 e. The normalized spacial score (nSPS) is 10.8. The van der Waals surface area contributed by atoms with Gasteiger partial charge >= 0.3 is 0 Å². The van der Waals surface area contributed by atoms with E-state index in [0.29, 0.717) is 0 Å². The van der Waals surface area contributed by atoms with Crippen LogP contribution in [-0.4, -0.2) is 0 Å². The van der Waals surface area contributed by atoms with Crippen LogP contribution in [0.25, 0.3) is 10.1 Å². The van der Waals surface area contributed by atoms with Crippen molar-refractivity contribution in [2.24, 2.45) is 0 Å². The van der Waals surface area contributed by atoms with Gasteiger partial charge in [0.25, 0.3) is 0 Å². The predicted molar refractivity (Wildman–Crippen MR) is 66.7 cm³/mol. The first kappa shape index (κ1) is 8.77. The molecule has 0 aliphatic rings. The maximum absolute atomic E-state index is 5.69. The highest BCUT2D eigenvalue weighted by molar-refractivity contribution is 14.1. The van der Waals surface area contributed by atoms with E-state index in [4.69, 9.17) is 5.73 Å². The zero-order valence-electron chi connectivity index (χ0n) is 5.97. The Hall–Kier alpha value is 0.190. The van der Waals surface area contributed by atoms with E-state index in [1.807, 2.05) is 6.07 Å². The van der Waals surface area contributed by atoms with Crippen LogP contribution in [-0.2, 0) is 0 Å². The van der Waals surface area contributed by atoms with Gasteiger partial charge < -0.3 is 5.73 Å². The number of benzene rings is 1. The smallest absolute Gasteiger partial charge is 0.0868 e. The number of thiophene rings is 1. The Balaban J connectivity index is 2.83. The van der Waals surface area contributed by atoms with E-state index < -0.39 is 0 Å². The van der Waals surface area contributed by atoms with Crippen molar-refractivity contribution in [2.45, 2.75) is 0 Å². The quantitative estimate of drug-likeness (QED) is 0.715. The molecular formula is C8H5BrINS. The summed E-state index contributed by atoms with van der Waals surface area (Å²) in [6.07, 6.45) is 0. The van der Waals surface area contributed by atoms with Crippen LogP contribution in [0.4, 0.5) is 5.00 Å². The van der Waals surface area contributed by atoms with Crippen LogP contribution in [0.5, 0.6) is 0 Å². The Morgan fingerprint density at radius 1 is 1.33 bits per heavy atom. The number of anilines is 1. The number of hydrogen-bond acceptors (Lipinski definition) is 2. The van der Waals surface area contributed by atoms with Crippen LogP contribution in [0.1, 0.15) is 0 Å². The van der Waals surface area contributed by atoms with Gasteiger partial charge in [-0.1, -0.05) is 0 Å². The molecule has 4 heteroatoms. The summed E-state index contributed by atoms with van der Waals surface area (Å²) in [5, 5.41) is 2.09. The van der Waals surface area contributed by atoms with Crippen molar-refractivity contribution in [3.8, 4) is 0 Å². The zero-order chi connectivity index (χ0) is 8.72. The van der Waals surface area contributed by atoms with Crippen molar-refractivity contribution in [3.05, 3.63) is 26.2 Å². The minimum Gasteiger partial charge on any atom is -0.391 e. The van der Waals surface area contributed by atoms with E-state index in [-0.39, 0.29) is 0 Å². The molecule has 1 aromatic heterocycles. The molecule has 2 rings (SSSR count). The molecule has 0 fully saturated rings. The van der Waals surface area contributed by atoms with Gasteiger partial charge in [-0.3, -0.25) is 0 Å². The molecule has 0 saturated carbocycles. The van der Waals surface area contributed by atoms with Gasteiger partial charge in [0.15, 0.2) is 0 Å². The minimum atomic E-state index is 0.874. The second-order valence-corrected chi connectivity index (χ2v) is 5.58. The average Bonchev–Trinajstić information content (AvgIpc) is 2.30. The molecule has 1 heterocycles. The molecule has 0 unspecified atom stereocenters. The monoisotopic (exact) mass is 353 g/mol. The lowest BCUT2D eigenvalue weighted by atomic mass is 10.3. The van der Waals surface area contributed by atoms with Crippen molar-refractivity contribution in [3.63, 3.8) is 0 Å². The van der Waals surface area contributed by atoms with Gasteiger partial charge in [0.05, 0.1) is 5.00 Å². The Morgan fingerprint density at radius 2 is 2.08 bits per heavy atom. The highest BCUT2D eigenvalue weighted by atomic mass is 127. The number of nitrogen functional groups attached to an aromatic ring is 1. The standard InChI is InChI=1S/C8H5BrINS/c9-5-1-4-2-8(11)12-7(4)3-6(5)10/h1-3H,11H2. The van der Waals surface area contributed by atoms with Crippen molar-refractivity contribution >= 4 is 64.9 Å². The third-order valence-electron chi connectivity index (χ3n) is 1.58. The number of halogens is 2. The van der Waals surface area contributed by atoms with E-state index in [0.717, 1.165) is 9.47 Å². The fourth-order valence-electron chi connectivity index (χ4n) is 1.05. The fourth-order valence-corrected chi connectivity index (χ4v) is 2.95. The third-order valence-corrected chi connectivity index (χ3v) is 4.80. The van der Waals surface area contributed by atoms with E-state index >= 15 is 0 Å². The fraction of sp³-hybridized carbons (Fsp3) is 0. The highest BCUT2D eigenvalue weighted by Crippen LogP contribution is 2.32. The summed E-state index contributed by atoms with van der Waals surface area (Å²) in [5.41, 5.74) is 5.69. The summed E-state index contributed by atoms with van der Waals surface area (Å²) in [6.45, 7) is 0. The van der Waals surface area contributed by atoms with Crippen molar-refractivity contribution < 1.29 is 0 Å². The van der Waals surface area contributed by atoms with Crippen LogP contribution >= 0.6 is 49.9 Å². The molecule has 0 amide bonds. The Morgan fingerprint density at radius 3 is 2.83 bits per heavy atom. The lowest BCUT2D eigenvalue weighted by molar-refractivity contribution is 1.68. The number of hydrogen-bond donors (Lipinski definition) is 1. The first-order chi connectivity index (χ1) is 5.66. The van der Waals surface area contributed by atoms with Crippen LogP contribution in [0.2, 0.25) is 0 Å². The first-order valence-corrected chi connectivity index (χ1v) is 6.00. The van der Waals surface area contributed by atoms with Crippen molar-refractivity contribution in [2.75, 3.05) is 5.73 Å². The average molecular weight is 354 g/mol. The maximum Gasteiger partial charge on any atom is 0.0868 e. The summed E-state index contributed by atoms with van der Waals surface area (Å²) >= 11 is 7.41. The van der Waals surface area contributed by atoms with Crippen LogP contribution in [0.3, 0.4) is 0 Å². The van der Waals surface area contributed by atoms with Gasteiger partial charge in [-0.25, -0.2) is 0 Å². The second kappa shape index (κ2) is 3.16. The lowest BCUT2D eigenvalue weighted by Crippen LogP contribution is -1.73. The van der Waals surface area contributed by atoms with E-state index in [9.17, 15) is 0 Å². The summed E-state index contributed by atoms with van der Waals surface area (Å²) in [4.78, 5) is 0. The van der Waals surface area contributed by atoms with Crippen molar-refractivity contribution in [1.29, 1.82) is 0 Å². The SMILES string of the molecule is Nc1cc2cc(Br)c(I)cc2s1. The van der Waals surface area contributed by atoms with Gasteiger partial charge in [0.1, 0.15) is 0 Å². The molecule has 0 aliphatic carbocycles. The van der Waals surface area contributed by atoms with Crippen LogP contribution < -0.4 is 5.73 Å². The van der Waals surface area contributed by atoms with Crippen LogP contribution in [0.15, 0.2) is 22.7 Å². The Labute approximate surface area is 96.2 Å². The molecule has 0 spiro atoms. The zero-order valence-corrected chi connectivity index (χ0v) is 10.5. The third kappa shape index (κ3) is 1.47.